The Morgan fingerprint density at radius 2 is 1.62 bits per heavy atom. The van der Waals surface area contributed by atoms with E-state index in [0.29, 0.717) is 16.0 Å². The van der Waals surface area contributed by atoms with Crippen molar-refractivity contribution in [2.75, 3.05) is 11.1 Å². The van der Waals surface area contributed by atoms with E-state index in [1.807, 2.05) is 65.2 Å². The van der Waals surface area contributed by atoms with E-state index in [2.05, 4.69) is 71.1 Å². The molecule has 0 fully saturated rings. The number of hydrogen-bond donors (Lipinski definition) is 2. The lowest BCUT2D eigenvalue weighted by Crippen LogP contribution is -2.21. The van der Waals surface area contributed by atoms with Crippen LogP contribution in [0.25, 0.3) is 17.1 Å². The molecule has 0 unspecified atom stereocenters. The van der Waals surface area contributed by atoms with Gasteiger partial charge in [0, 0.05) is 16.9 Å². The number of aromatic nitrogens is 3. The second kappa shape index (κ2) is 11.9. The van der Waals surface area contributed by atoms with Gasteiger partial charge in [-0.1, -0.05) is 105 Å². The number of hydrogen-bond acceptors (Lipinski definition) is 6. The topological polar surface area (TPSA) is 84.2 Å². The molecule has 37 heavy (non-hydrogen) atoms. The maximum atomic E-state index is 12.4. The summed E-state index contributed by atoms with van der Waals surface area (Å²) in [4.78, 5) is 12.8. The van der Waals surface area contributed by atoms with E-state index >= 15 is 0 Å². The molecule has 1 aromatic heterocycles. The fourth-order valence-electron chi connectivity index (χ4n) is 3.50. The highest BCUT2D eigenvalue weighted by Gasteiger charge is 2.19. The van der Waals surface area contributed by atoms with Crippen molar-refractivity contribution in [3.05, 3.63) is 90.5 Å². The monoisotopic (exact) mass is 528 g/mol. The second-order valence-electron chi connectivity index (χ2n) is 9.24. The smallest absolute Gasteiger partial charge is 0.250 e. The Balaban J connectivity index is 1.45. The second-order valence-corrected chi connectivity index (χ2v) is 10.6. The third-order valence-electron chi connectivity index (χ3n) is 5.40. The van der Waals surface area contributed by atoms with Crippen molar-refractivity contribution in [1.29, 1.82) is 0 Å². The Bertz CT molecular complexity index is 1380. The van der Waals surface area contributed by atoms with Crippen LogP contribution < -0.4 is 10.7 Å². The first-order chi connectivity index (χ1) is 17.8. The summed E-state index contributed by atoms with van der Waals surface area (Å²) in [5.41, 5.74) is 6.53. The Hall–Kier alpha value is -3.82. The Morgan fingerprint density at radius 1 is 0.973 bits per heavy atom. The zero-order valence-corrected chi connectivity index (χ0v) is 22.5. The molecule has 0 spiro atoms. The molecule has 3 aromatic carbocycles. The predicted molar refractivity (Wildman–Crippen MR) is 156 cm³/mol. The lowest BCUT2D eigenvalue weighted by Gasteiger charge is -2.19. The van der Waals surface area contributed by atoms with Crippen LogP contribution in [0.5, 0.6) is 0 Å². The largest absolute Gasteiger partial charge is 0.345 e. The van der Waals surface area contributed by atoms with Gasteiger partial charge in [-0.25, -0.2) is 5.43 Å². The molecule has 1 heterocycles. The molecule has 2 N–H and O–H groups in total. The lowest BCUT2D eigenvalue weighted by molar-refractivity contribution is -0.118. The zero-order chi connectivity index (χ0) is 26.3. The van der Waals surface area contributed by atoms with Crippen molar-refractivity contribution >= 4 is 46.8 Å². The van der Waals surface area contributed by atoms with Crippen molar-refractivity contribution in [2.45, 2.75) is 31.3 Å². The Kier molecular flexibility index (Phi) is 8.47. The van der Waals surface area contributed by atoms with Crippen LogP contribution in [0.3, 0.4) is 0 Å². The van der Waals surface area contributed by atoms with Crippen molar-refractivity contribution in [2.24, 2.45) is 5.10 Å². The first kappa shape index (κ1) is 26.2. The number of carbonyl (C=O) groups excluding carboxylic acids is 1. The van der Waals surface area contributed by atoms with Gasteiger partial charge in [-0.15, -0.1) is 10.2 Å². The number of carbonyl (C=O) groups is 1. The highest BCUT2D eigenvalue weighted by atomic mass is 32.2. The SMILES string of the molecule is CC(C)(C)c1ccc(-c2nnc(SCC(=O)N/N=C/C(=S)Nc3ccccc3)n2-c2ccccc2)cc1. The molecule has 188 valence electrons. The fourth-order valence-corrected chi connectivity index (χ4v) is 4.42. The van der Waals surface area contributed by atoms with E-state index in [-0.39, 0.29) is 17.1 Å². The molecule has 0 atom stereocenters. The maximum absolute atomic E-state index is 12.4. The summed E-state index contributed by atoms with van der Waals surface area (Å²) in [6.45, 7) is 6.56. The minimum Gasteiger partial charge on any atom is -0.345 e. The van der Waals surface area contributed by atoms with Gasteiger partial charge in [0.1, 0.15) is 4.99 Å². The fraction of sp³-hybridized carbons (Fsp3) is 0.179. The van der Waals surface area contributed by atoms with Gasteiger partial charge < -0.3 is 5.32 Å². The van der Waals surface area contributed by atoms with E-state index in [1.165, 1.54) is 23.5 Å². The first-order valence-corrected chi connectivity index (χ1v) is 13.1. The van der Waals surface area contributed by atoms with Crippen molar-refractivity contribution < 1.29 is 4.79 Å². The van der Waals surface area contributed by atoms with Crippen molar-refractivity contribution in [3.63, 3.8) is 0 Å². The third-order valence-corrected chi connectivity index (χ3v) is 6.54. The van der Waals surface area contributed by atoms with Crippen LogP contribution in [-0.2, 0) is 10.2 Å². The van der Waals surface area contributed by atoms with Gasteiger partial charge in [-0.3, -0.25) is 9.36 Å². The number of rotatable bonds is 8. The average Bonchev–Trinajstić information content (AvgIpc) is 3.32. The van der Waals surface area contributed by atoms with E-state index in [0.717, 1.165) is 16.9 Å². The molecule has 0 aliphatic carbocycles. The standard InChI is InChI=1S/C28H28N6OS2/c1-28(2,3)21-16-14-20(15-17-21)26-32-33-27(34(26)23-12-8-5-9-13-23)37-19-24(35)31-29-18-25(36)30-22-10-6-4-7-11-22/h4-18H,19H2,1-3H3,(H,30,36)(H,31,35)/b29-18+. The molecule has 0 saturated carbocycles. The predicted octanol–water partition coefficient (Wildman–Crippen LogP) is 5.87. The Morgan fingerprint density at radius 3 is 2.27 bits per heavy atom. The Labute approximate surface area is 226 Å². The van der Waals surface area contributed by atoms with Crippen LogP contribution in [-0.4, -0.2) is 37.6 Å². The number of anilines is 1. The molecule has 0 radical (unpaired) electrons. The summed E-state index contributed by atoms with van der Waals surface area (Å²) in [5, 5.41) is 16.5. The number of nitrogens with one attached hydrogen (secondary N) is 2. The van der Waals surface area contributed by atoms with Crippen LogP contribution in [0.1, 0.15) is 26.3 Å². The highest BCUT2D eigenvalue weighted by Crippen LogP contribution is 2.30. The van der Waals surface area contributed by atoms with Crippen LogP contribution in [0.15, 0.2) is 95.2 Å². The van der Waals surface area contributed by atoms with Gasteiger partial charge in [0.05, 0.1) is 12.0 Å². The minimum absolute atomic E-state index is 0.0594. The van der Waals surface area contributed by atoms with Gasteiger partial charge in [-0.05, 0) is 35.2 Å². The van der Waals surface area contributed by atoms with Gasteiger partial charge in [0.15, 0.2) is 11.0 Å². The first-order valence-electron chi connectivity index (χ1n) is 11.7. The van der Waals surface area contributed by atoms with E-state index in [1.54, 1.807) is 0 Å². The molecule has 0 bridgehead atoms. The highest BCUT2D eigenvalue weighted by molar-refractivity contribution is 7.99. The average molecular weight is 529 g/mol. The van der Waals surface area contributed by atoms with E-state index in [4.69, 9.17) is 12.2 Å². The normalized spacial score (nSPS) is 11.4. The van der Waals surface area contributed by atoms with Crippen LogP contribution in [0.2, 0.25) is 0 Å². The summed E-state index contributed by atoms with van der Waals surface area (Å²) in [6.07, 6.45) is 1.40. The number of para-hydroxylation sites is 2. The third kappa shape index (κ3) is 7.12. The van der Waals surface area contributed by atoms with E-state index < -0.39 is 0 Å². The van der Waals surface area contributed by atoms with Crippen molar-refractivity contribution in [1.82, 2.24) is 20.2 Å². The summed E-state index contributed by atoms with van der Waals surface area (Å²) < 4.78 is 1.96. The number of amides is 1. The quantitative estimate of drug-likeness (QED) is 0.129. The molecular formula is C28H28N6OS2. The molecule has 0 aliphatic rings. The summed E-state index contributed by atoms with van der Waals surface area (Å²) >= 11 is 6.53. The van der Waals surface area contributed by atoms with Crippen molar-refractivity contribution in [3.8, 4) is 17.1 Å². The summed E-state index contributed by atoms with van der Waals surface area (Å²) in [7, 11) is 0. The van der Waals surface area contributed by atoms with E-state index in [9.17, 15) is 4.79 Å². The number of hydrazone groups is 1. The molecule has 0 aliphatic heterocycles. The maximum Gasteiger partial charge on any atom is 0.250 e. The molecule has 7 nitrogen and oxygen atoms in total. The van der Waals surface area contributed by atoms with Crippen LogP contribution in [0, 0.1) is 0 Å². The van der Waals surface area contributed by atoms with Gasteiger partial charge in [0.25, 0.3) is 5.91 Å². The zero-order valence-electron chi connectivity index (χ0n) is 20.9. The number of thiocarbonyl (C=S) groups is 1. The molecule has 4 rings (SSSR count). The summed E-state index contributed by atoms with van der Waals surface area (Å²) in [5.74, 6) is 0.553. The number of nitrogens with zero attached hydrogens (tertiary/aromatic N) is 4. The van der Waals surface area contributed by atoms with Gasteiger partial charge in [0.2, 0.25) is 0 Å². The minimum atomic E-state index is -0.276. The molecule has 1 amide bonds. The van der Waals surface area contributed by atoms with Crippen LogP contribution >= 0.6 is 24.0 Å². The molecule has 0 saturated heterocycles. The lowest BCUT2D eigenvalue weighted by atomic mass is 9.87. The molecular weight excluding hydrogens is 500 g/mol. The van der Waals surface area contributed by atoms with Gasteiger partial charge in [-0.2, -0.15) is 5.10 Å². The molecule has 4 aromatic rings. The summed E-state index contributed by atoms with van der Waals surface area (Å²) in [6, 6.07) is 27.7. The molecule has 9 heteroatoms. The van der Waals surface area contributed by atoms with Gasteiger partial charge >= 0.3 is 0 Å². The number of thioether (sulfide) groups is 1. The number of benzene rings is 3. The van der Waals surface area contributed by atoms with Crippen LogP contribution in [0.4, 0.5) is 5.69 Å².